The number of hydrogen-bond donors (Lipinski definition) is 1. The highest BCUT2D eigenvalue weighted by Gasteiger charge is 2.26. The second kappa shape index (κ2) is 8.32. The maximum atomic E-state index is 12.5. The zero-order valence-corrected chi connectivity index (χ0v) is 16.1. The van der Waals surface area contributed by atoms with E-state index >= 15 is 0 Å². The lowest BCUT2D eigenvalue weighted by atomic mass is 9.86. The highest BCUT2D eigenvalue weighted by atomic mass is 32.1. The molecule has 0 bridgehead atoms. The van der Waals surface area contributed by atoms with Crippen LogP contribution < -0.4 is 5.32 Å². The summed E-state index contributed by atoms with van der Waals surface area (Å²) in [6.07, 6.45) is 4.83. The third-order valence-corrected chi connectivity index (χ3v) is 6.42. The van der Waals surface area contributed by atoms with E-state index in [1.165, 1.54) is 19.3 Å². The van der Waals surface area contributed by atoms with E-state index in [1.807, 2.05) is 24.0 Å². The molecule has 2 heterocycles. The summed E-state index contributed by atoms with van der Waals surface area (Å²) in [5.74, 6) is 0.840. The molecular formula is C19H29N3O2S. The van der Waals surface area contributed by atoms with Gasteiger partial charge in [-0.1, -0.05) is 19.8 Å². The molecule has 1 saturated carbocycles. The van der Waals surface area contributed by atoms with E-state index in [0.717, 1.165) is 29.3 Å². The molecule has 25 heavy (non-hydrogen) atoms. The molecule has 0 radical (unpaired) electrons. The number of carbonyl (C=O) groups excluding carboxylic acids is 2. The van der Waals surface area contributed by atoms with Gasteiger partial charge in [-0.2, -0.15) is 0 Å². The molecule has 1 aromatic heterocycles. The van der Waals surface area contributed by atoms with Gasteiger partial charge in [-0.3, -0.25) is 14.5 Å². The molecule has 1 N–H and O–H groups in total. The smallest absolute Gasteiger partial charge is 0.264 e. The first kappa shape index (κ1) is 18.4. The maximum absolute atomic E-state index is 12.5. The quantitative estimate of drug-likeness (QED) is 0.894. The molecule has 2 atom stereocenters. The minimum Gasteiger partial charge on any atom is -0.352 e. The van der Waals surface area contributed by atoms with Crippen LogP contribution in [0.4, 0.5) is 0 Å². The number of thiophene rings is 1. The first-order valence-electron chi connectivity index (χ1n) is 9.40. The van der Waals surface area contributed by atoms with Gasteiger partial charge in [0.1, 0.15) is 0 Å². The number of amides is 2. The van der Waals surface area contributed by atoms with Crippen molar-refractivity contribution >= 4 is 23.2 Å². The summed E-state index contributed by atoms with van der Waals surface area (Å²) in [6.45, 7) is 7.63. The number of nitrogens with one attached hydrogen (secondary N) is 1. The van der Waals surface area contributed by atoms with Gasteiger partial charge in [0, 0.05) is 37.1 Å². The minimum absolute atomic E-state index is 0.123. The molecule has 2 fully saturated rings. The summed E-state index contributed by atoms with van der Waals surface area (Å²) in [5, 5.41) is 3.22. The Bertz CT molecular complexity index is 608. The Labute approximate surface area is 154 Å². The van der Waals surface area contributed by atoms with E-state index in [2.05, 4.69) is 17.1 Å². The van der Waals surface area contributed by atoms with Crippen LogP contribution in [0.2, 0.25) is 0 Å². The summed E-state index contributed by atoms with van der Waals surface area (Å²) in [4.78, 5) is 30.9. The molecule has 3 rings (SSSR count). The normalized spacial score (nSPS) is 25.0. The van der Waals surface area contributed by atoms with Crippen molar-refractivity contribution < 1.29 is 9.59 Å². The highest BCUT2D eigenvalue weighted by Crippen LogP contribution is 2.23. The van der Waals surface area contributed by atoms with Crippen LogP contribution in [0.5, 0.6) is 0 Å². The second-order valence-corrected chi connectivity index (χ2v) is 8.70. The Morgan fingerprint density at radius 1 is 1.16 bits per heavy atom. The molecule has 0 spiro atoms. The van der Waals surface area contributed by atoms with Crippen LogP contribution in [0.3, 0.4) is 0 Å². The first-order chi connectivity index (χ1) is 12.0. The molecule has 6 heteroatoms. The third-order valence-electron chi connectivity index (χ3n) is 5.44. The van der Waals surface area contributed by atoms with Crippen molar-refractivity contribution in [2.75, 3.05) is 32.7 Å². The minimum atomic E-state index is 0.123. The van der Waals surface area contributed by atoms with Gasteiger partial charge < -0.3 is 10.2 Å². The monoisotopic (exact) mass is 363 g/mol. The van der Waals surface area contributed by atoms with E-state index in [-0.39, 0.29) is 11.8 Å². The molecule has 0 aromatic carbocycles. The Morgan fingerprint density at radius 3 is 2.52 bits per heavy atom. The number of hydrogen-bond acceptors (Lipinski definition) is 4. The van der Waals surface area contributed by atoms with Crippen LogP contribution in [-0.4, -0.2) is 60.4 Å². The fourth-order valence-corrected chi connectivity index (χ4v) is 4.64. The van der Waals surface area contributed by atoms with Gasteiger partial charge in [0.05, 0.1) is 11.4 Å². The Balaban J connectivity index is 1.43. The third kappa shape index (κ3) is 4.82. The molecule has 1 aromatic rings. The van der Waals surface area contributed by atoms with Crippen molar-refractivity contribution in [3.05, 3.63) is 21.9 Å². The number of rotatable bonds is 4. The Hall–Kier alpha value is -1.40. The molecule has 138 valence electrons. The van der Waals surface area contributed by atoms with E-state index < -0.39 is 0 Å². The zero-order chi connectivity index (χ0) is 17.8. The van der Waals surface area contributed by atoms with Crippen LogP contribution in [0, 0.1) is 12.8 Å². The van der Waals surface area contributed by atoms with Gasteiger partial charge >= 0.3 is 0 Å². The fourth-order valence-electron chi connectivity index (χ4n) is 3.80. The summed E-state index contributed by atoms with van der Waals surface area (Å²) in [5.41, 5.74) is 0. The van der Waals surface area contributed by atoms with Gasteiger partial charge in [-0.25, -0.2) is 0 Å². The predicted octanol–water partition coefficient (Wildman–Crippen LogP) is 2.51. The topological polar surface area (TPSA) is 52.7 Å². The summed E-state index contributed by atoms with van der Waals surface area (Å²) >= 11 is 1.55. The SMILES string of the molecule is Cc1ccc(C(=O)N2CCN(CC(=O)N[C@@H]3CCCC[C@@H]3C)CC2)s1. The molecule has 5 nitrogen and oxygen atoms in total. The van der Waals surface area contributed by atoms with E-state index in [0.29, 0.717) is 31.6 Å². The average Bonchev–Trinajstić information content (AvgIpc) is 3.03. The average molecular weight is 364 g/mol. The van der Waals surface area contributed by atoms with E-state index in [1.54, 1.807) is 11.3 Å². The van der Waals surface area contributed by atoms with Crippen LogP contribution >= 0.6 is 11.3 Å². The fraction of sp³-hybridized carbons (Fsp3) is 0.684. The lowest BCUT2D eigenvalue weighted by Gasteiger charge is -2.35. The van der Waals surface area contributed by atoms with Crippen molar-refractivity contribution in [2.24, 2.45) is 5.92 Å². The molecule has 1 saturated heterocycles. The van der Waals surface area contributed by atoms with Gasteiger partial charge in [0.15, 0.2) is 0 Å². The Kier molecular flexibility index (Phi) is 6.12. The number of piperazine rings is 1. The number of aryl methyl sites for hydroxylation is 1. The van der Waals surface area contributed by atoms with E-state index in [4.69, 9.17) is 0 Å². The number of carbonyl (C=O) groups is 2. The lowest BCUT2D eigenvalue weighted by molar-refractivity contribution is -0.123. The van der Waals surface area contributed by atoms with Crippen molar-refractivity contribution in [3.63, 3.8) is 0 Å². The predicted molar refractivity (Wildman–Crippen MR) is 101 cm³/mol. The van der Waals surface area contributed by atoms with E-state index in [9.17, 15) is 9.59 Å². The first-order valence-corrected chi connectivity index (χ1v) is 10.2. The lowest BCUT2D eigenvalue weighted by Crippen LogP contribution is -2.52. The van der Waals surface area contributed by atoms with Crippen LogP contribution in [0.1, 0.15) is 47.2 Å². The summed E-state index contributed by atoms with van der Waals surface area (Å²) in [7, 11) is 0. The van der Waals surface area contributed by atoms with Crippen molar-refractivity contribution in [1.82, 2.24) is 15.1 Å². The van der Waals surface area contributed by atoms with Crippen molar-refractivity contribution in [3.8, 4) is 0 Å². The second-order valence-electron chi connectivity index (χ2n) is 7.41. The highest BCUT2D eigenvalue weighted by molar-refractivity contribution is 7.13. The summed E-state index contributed by atoms with van der Waals surface area (Å²) in [6, 6.07) is 4.24. The van der Waals surface area contributed by atoms with Crippen LogP contribution in [0.15, 0.2) is 12.1 Å². The van der Waals surface area contributed by atoms with Gasteiger partial charge in [0.2, 0.25) is 5.91 Å². The van der Waals surface area contributed by atoms with Crippen molar-refractivity contribution in [2.45, 2.75) is 45.6 Å². The molecule has 2 aliphatic rings. The molecule has 0 unspecified atom stereocenters. The summed E-state index contributed by atoms with van der Waals surface area (Å²) < 4.78 is 0. The molecule has 1 aliphatic heterocycles. The molecule has 1 aliphatic carbocycles. The molecular weight excluding hydrogens is 334 g/mol. The van der Waals surface area contributed by atoms with Gasteiger partial charge in [0.25, 0.3) is 5.91 Å². The van der Waals surface area contributed by atoms with Crippen LogP contribution in [-0.2, 0) is 4.79 Å². The maximum Gasteiger partial charge on any atom is 0.264 e. The Morgan fingerprint density at radius 2 is 1.88 bits per heavy atom. The largest absolute Gasteiger partial charge is 0.352 e. The number of nitrogens with zero attached hydrogens (tertiary/aromatic N) is 2. The molecule has 2 amide bonds. The zero-order valence-electron chi connectivity index (χ0n) is 15.3. The van der Waals surface area contributed by atoms with Crippen molar-refractivity contribution in [1.29, 1.82) is 0 Å². The van der Waals surface area contributed by atoms with Crippen LogP contribution in [0.25, 0.3) is 0 Å². The van der Waals surface area contributed by atoms with Gasteiger partial charge in [-0.05, 0) is 37.8 Å². The van der Waals surface area contributed by atoms with Gasteiger partial charge in [-0.15, -0.1) is 11.3 Å². The standard InChI is InChI=1S/C19H29N3O2S/c1-14-5-3-4-6-16(14)20-18(23)13-21-9-11-22(12-10-21)19(24)17-8-7-15(2)25-17/h7-8,14,16H,3-6,9-13H2,1-2H3,(H,20,23)/t14-,16+/m0/s1.